The summed E-state index contributed by atoms with van der Waals surface area (Å²) in [5.74, 6) is 0.949. The Bertz CT molecular complexity index is 334. The van der Waals surface area contributed by atoms with Crippen LogP contribution in [0.25, 0.3) is 0 Å². The molecule has 0 aromatic heterocycles. The molecule has 1 heteroatoms. The molecule has 0 amide bonds. The van der Waals surface area contributed by atoms with Crippen molar-refractivity contribution in [3.63, 3.8) is 0 Å². The van der Waals surface area contributed by atoms with E-state index in [0.717, 1.165) is 12.0 Å². The van der Waals surface area contributed by atoms with E-state index >= 15 is 0 Å². The first-order chi connectivity index (χ1) is 6.86. The number of hydrogen-bond donors (Lipinski definition) is 1. The summed E-state index contributed by atoms with van der Waals surface area (Å²) >= 11 is 0. The summed E-state index contributed by atoms with van der Waals surface area (Å²) in [7, 11) is 0. The van der Waals surface area contributed by atoms with Gasteiger partial charge < -0.3 is 5.11 Å². The minimum Gasteiger partial charge on any atom is -0.508 e. The summed E-state index contributed by atoms with van der Waals surface area (Å²) < 4.78 is 0. The second kappa shape index (κ2) is 4.26. The number of hydrogen-bond acceptors (Lipinski definition) is 1. The summed E-state index contributed by atoms with van der Waals surface area (Å²) in [5.41, 5.74) is 2.26. The largest absolute Gasteiger partial charge is 0.508 e. The second-order valence-electron chi connectivity index (χ2n) is 5.34. The van der Waals surface area contributed by atoms with Crippen LogP contribution >= 0.6 is 0 Å². The topological polar surface area (TPSA) is 20.2 Å². The third kappa shape index (κ3) is 2.74. The molecule has 0 saturated heterocycles. The Morgan fingerprint density at radius 3 is 2.27 bits per heavy atom. The van der Waals surface area contributed by atoms with Gasteiger partial charge in [-0.05, 0) is 34.9 Å². The van der Waals surface area contributed by atoms with Gasteiger partial charge in [-0.3, -0.25) is 0 Å². The van der Waals surface area contributed by atoms with Gasteiger partial charge in [-0.25, -0.2) is 0 Å². The smallest absolute Gasteiger partial charge is 0.119 e. The van der Waals surface area contributed by atoms with E-state index in [4.69, 9.17) is 0 Å². The molecule has 1 N–H and O–H groups in total. The molecule has 0 aliphatic heterocycles. The maximum absolute atomic E-state index is 9.97. The van der Waals surface area contributed by atoms with Crippen LogP contribution in [0.15, 0.2) is 18.2 Å². The van der Waals surface area contributed by atoms with Crippen LogP contribution in [-0.2, 0) is 5.41 Å². The first-order valence-electron chi connectivity index (χ1n) is 5.69. The van der Waals surface area contributed by atoms with E-state index in [2.05, 4.69) is 46.8 Å². The molecule has 0 heterocycles. The van der Waals surface area contributed by atoms with Gasteiger partial charge in [-0.1, -0.05) is 46.8 Å². The average molecular weight is 206 g/mol. The summed E-state index contributed by atoms with van der Waals surface area (Å²) in [6, 6.07) is 6.10. The van der Waals surface area contributed by atoms with Gasteiger partial charge in [0, 0.05) is 0 Å². The van der Waals surface area contributed by atoms with Crippen LogP contribution in [-0.4, -0.2) is 5.11 Å². The molecule has 0 saturated carbocycles. The summed E-state index contributed by atoms with van der Waals surface area (Å²) in [6.45, 7) is 10.7. The van der Waals surface area contributed by atoms with Gasteiger partial charge in [0.15, 0.2) is 0 Å². The molecule has 0 fully saturated rings. The first-order valence-corrected chi connectivity index (χ1v) is 5.69. The standard InChI is InChI=1S/C14H22O/c1-6-10(2)11-7-8-12(13(15)9-11)14(3,4)5/h7-10,15H,6H2,1-5H3. The van der Waals surface area contributed by atoms with Crippen molar-refractivity contribution in [2.24, 2.45) is 0 Å². The van der Waals surface area contributed by atoms with Gasteiger partial charge >= 0.3 is 0 Å². The van der Waals surface area contributed by atoms with Gasteiger partial charge in [0.05, 0.1) is 0 Å². The lowest BCUT2D eigenvalue weighted by atomic mass is 9.84. The van der Waals surface area contributed by atoms with E-state index in [1.807, 2.05) is 6.07 Å². The van der Waals surface area contributed by atoms with Gasteiger partial charge in [0.2, 0.25) is 0 Å². The van der Waals surface area contributed by atoms with E-state index < -0.39 is 0 Å². The minimum absolute atomic E-state index is 0.0120. The van der Waals surface area contributed by atoms with Crippen LogP contribution in [0.1, 0.15) is 58.1 Å². The average Bonchev–Trinajstić information content (AvgIpc) is 2.14. The van der Waals surface area contributed by atoms with Crippen LogP contribution in [0.4, 0.5) is 0 Å². The molecule has 1 nitrogen and oxygen atoms in total. The van der Waals surface area contributed by atoms with Crippen molar-refractivity contribution in [1.29, 1.82) is 0 Å². The van der Waals surface area contributed by atoms with Gasteiger partial charge in [0.1, 0.15) is 5.75 Å². The Morgan fingerprint density at radius 2 is 1.87 bits per heavy atom. The maximum atomic E-state index is 9.97. The Kier molecular flexibility index (Phi) is 3.43. The van der Waals surface area contributed by atoms with Crippen LogP contribution in [0, 0.1) is 0 Å². The van der Waals surface area contributed by atoms with Crippen molar-refractivity contribution >= 4 is 0 Å². The monoisotopic (exact) mass is 206 g/mol. The highest BCUT2D eigenvalue weighted by atomic mass is 16.3. The number of rotatable bonds is 2. The van der Waals surface area contributed by atoms with E-state index in [-0.39, 0.29) is 5.41 Å². The van der Waals surface area contributed by atoms with Crippen molar-refractivity contribution in [2.75, 3.05) is 0 Å². The quantitative estimate of drug-likeness (QED) is 0.768. The fourth-order valence-electron chi connectivity index (χ4n) is 1.73. The third-order valence-electron chi connectivity index (χ3n) is 3.01. The predicted octanol–water partition coefficient (Wildman–Crippen LogP) is 4.20. The number of phenols is 1. The minimum atomic E-state index is 0.0120. The predicted molar refractivity (Wildman–Crippen MR) is 65.5 cm³/mol. The Morgan fingerprint density at radius 1 is 1.27 bits per heavy atom. The van der Waals surface area contributed by atoms with Crippen LogP contribution < -0.4 is 0 Å². The summed E-state index contributed by atoms with van der Waals surface area (Å²) in [4.78, 5) is 0. The Balaban J connectivity index is 3.09. The molecule has 0 bridgehead atoms. The van der Waals surface area contributed by atoms with Crippen LogP contribution in [0.2, 0.25) is 0 Å². The molecule has 1 rings (SSSR count). The zero-order chi connectivity index (χ0) is 11.6. The SMILES string of the molecule is CCC(C)c1ccc(C(C)(C)C)c(O)c1. The Labute approximate surface area is 93.1 Å². The molecule has 1 unspecified atom stereocenters. The van der Waals surface area contributed by atoms with Gasteiger partial charge in [-0.2, -0.15) is 0 Å². The lowest BCUT2D eigenvalue weighted by molar-refractivity contribution is 0.445. The fraction of sp³-hybridized carbons (Fsp3) is 0.571. The molecule has 1 aromatic carbocycles. The molecular weight excluding hydrogens is 184 g/mol. The van der Waals surface area contributed by atoms with Crippen molar-refractivity contribution < 1.29 is 5.11 Å². The highest BCUT2D eigenvalue weighted by molar-refractivity contribution is 5.41. The van der Waals surface area contributed by atoms with Crippen molar-refractivity contribution in [3.05, 3.63) is 29.3 Å². The molecular formula is C14H22O. The molecule has 0 aliphatic carbocycles. The van der Waals surface area contributed by atoms with E-state index in [1.165, 1.54) is 5.56 Å². The van der Waals surface area contributed by atoms with E-state index in [9.17, 15) is 5.11 Å². The molecule has 84 valence electrons. The normalized spacial score (nSPS) is 13.9. The van der Waals surface area contributed by atoms with Crippen molar-refractivity contribution in [3.8, 4) is 5.75 Å². The van der Waals surface area contributed by atoms with E-state index in [1.54, 1.807) is 0 Å². The van der Waals surface area contributed by atoms with Gasteiger partial charge in [-0.15, -0.1) is 0 Å². The third-order valence-corrected chi connectivity index (χ3v) is 3.01. The molecule has 1 atom stereocenters. The number of phenolic OH excluding ortho intramolecular Hbond substituents is 1. The van der Waals surface area contributed by atoms with Crippen LogP contribution in [0.3, 0.4) is 0 Å². The van der Waals surface area contributed by atoms with Crippen LogP contribution in [0.5, 0.6) is 5.75 Å². The highest BCUT2D eigenvalue weighted by Gasteiger charge is 2.18. The highest BCUT2D eigenvalue weighted by Crippen LogP contribution is 2.33. The lowest BCUT2D eigenvalue weighted by Crippen LogP contribution is -2.11. The molecule has 0 radical (unpaired) electrons. The summed E-state index contributed by atoms with van der Waals surface area (Å²) in [6.07, 6.45) is 1.11. The Hall–Kier alpha value is -0.980. The van der Waals surface area contributed by atoms with Crippen molar-refractivity contribution in [2.45, 2.75) is 52.4 Å². The zero-order valence-corrected chi connectivity index (χ0v) is 10.5. The second-order valence-corrected chi connectivity index (χ2v) is 5.34. The lowest BCUT2D eigenvalue weighted by Gasteiger charge is -2.21. The summed E-state index contributed by atoms with van der Waals surface area (Å²) in [5, 5.41) is 9.97. The van der Waals surface area contributed by atoms with Crippen molar-refractivity contribution in [1.82, 2.24) is 0 Å². The van der Waals surface area contributed by atoms with Gasteiger partial charge in [0.25, 0.3) is 0 Å². The molecule has 1 aromatic rings. The number of aromatic hydroxyl groups is 1. The molecule has 0 aliphatic rings. The zero-order valence-electron chi connectivity index (χ0n) is 10.5. The molecule has 15 heavy (non-hydrogen) atoms. The fourth-order valence-corrected chi connectivity index (χ4v) is 1.73. The number of benzene rings is 1. The first kappa shape index (κ1) is 12.1. The molecule has 0 spiro atoms. The van der Waals surface area contributed by atoms with E-state index in [0.29, 0.717) is 11.7 Å². The maximum Gasteiger partial charge on any atom is 0.119 e.